The Morgan fingerprint density at radius 1 is 1.22 bits per heavy atom. The molecule has 0 radical (unpaired) electrons. The number of hydrogen-bond acceptors (Lipinski definition) is 4. The third kappa shape index (κ3) is 4.35. The minimum Gasteiger partial charge on any atom is -0.497 e. The van der Waals surface area contributed by atoms with Gasteiger partial charge in [0.2, 0.25) is 0 Å². The molecule has 0 spiro atoms. The highest BCUT2D eigenvalue weighted by Crippen LogP contribution is 2.22. The molecular weight excluding hydrogens is 290 g/mol. The topological polar surface area (TPSA) is 74.1 Å². The first-order valence-corrected chi connectivity index (χ1v) is 7.02. The summed E-state index contributed by atoms with van der Waals surface area (Å²) in [4.78, 5) is 12.1. The second-order valence-corrected chi connectivity index (χ2v) is 4.82. The molecule has 1 amide bonds. The van der Waals surface area contributed by atoms with E-state index in [-0.39, 0.29) is 5.57 Å². The van der Waals surface area contributed by atoms with Gasteiger partial charge in [-0.15, -0.1) is 0 Å². The number of para-hydroxylation sites is 1. The molecule has 0 unspecified atom stereocenters. The van der Waals surface area contributed by atoms with Crippen molar-refractivity contribution in [3.8, 4) is 11.8 Å². The number of carbonyl (C=O) groups is 1. The van der Waals surface area contributed by atoms with Crippen LogP contribution in [0.1, 0.15) is 5.56 Å². The minimum atomic E-state index is -0.466. The van der Waals surface area contributed by atoms with Crippen LogP contribution in [0.2, 0.25) is 0 Å². The van der Waals surface area contributed by atoms with E-state index in [1.54, 1.807) is 25.3 Å². The average Bonchev–Trinajstić information content (AvgIpc) is 2.57. The van der Waals surface area contributed by atoms with Gasteiger partial charge in [0.1, 0.15) is 17.4 Å². The summed E-state index contributed by atoms with van der Waals surface area (Å²) in [5, 5.41) is 14.8. The van der Waals surface area contributed by atoms with Crippen molar-refractivity contribution in [2.45, 2.75) is 6.92 Å². The zero-order valence-corrected chi connectivity index (χ0v) is 13.0. The normalized spacial score (nSPS) is 10.6. The number of nitriles is 1. The number of carbonyl (C=O) groups excluding carboxylic acids is 1. The van der Waals surface area contributed by atoms with E-state index in [0.717, 1.165) is 11.3 Å². The van der Waals surface area contributed by atoms with Gasteiger partial charge in [-0.3, -0.25) is 4.79 Å². The van der Waals surface area contributed by atoms with E-state index < -0.39 is 5.91 Å². The van der Waals surface area contributed by atoms with Crippen LogP contribution >= 0.6 is 0 Å². The quantitative estimate of drug-likeness (QED) is 0.655. The van der Waals surface area contributed by atoms with Crippen LogP contribution in [0.25, 0.3) is 0 Å². The lowest BCUT2D eigenvalue weighted by molar-refractivity contribution is -0.112. The summed E-state index contributed by atoms with van der Waals surface area (Å²) in [7, 11) is 1.58. The molecule has 23 heavy (non-hydrogen) atoms. The molecule has 0 saturated carbocycles. The van der Waals surface area contributed by atoms with E-state index in [0.29, 0.717) is 11.4 Å². The van der Waals surface area contributed by atoms with Gasteiger partial charge in [0.05, 0.1) is 7.11 Å². The lowest BCUT2D eigenvalue weighted by Crippen LogP contribution is -2.14. The highest BCUT2D eigenvalue weighted by Gasteiger charge is 2.09. The second-order valence-electron chi connectivity index (χ2n) is 4.82. The smallest absolute Gasteiger partial charge is 0.267 e. The van der Waals surface area contributed by atoms with Crippen LogP contribution in [0, 0.1) is 18.3 Å². The molecule has 0 bridgehead atoms. The van der Waals surface area contributed by atoms with Crippen molar-refractivity contribution < 1.29 is 9.53 Å². The zero-order valence-electron chi connectivity index (χ0n) is 13.0. The number of rotatable bonds is 5. The fourth-order valence-corrected chi connectivity index (χ4v) is 1.90. The molecule has 2 rings (SSSR count). The van der Waals surface area contributed by atoms with Crippen LogP contribution in [-0.2, 0) is 4.79 Å². The van der Waals surface area contributed by atoms with Crippen LogP contribution in [0.15, 0.2) is 60.3 Å². The van der Waals surface area contributed by atoms with Crippen molar-refractivity contribution in [1.29, 1.82) is 5.26 Å². The van der Waals surface area contributed by atoms with Gasteiger partial charge < -0.3 is 15.4 Å². The number of amides is 1. The Balaban J connectivity index is 2.13. The summed E-state index contributed by atoms with van der Waals surface area (Å²) in [6.07, 6.45) is 1.39. The summed E-state index contributed by atoms with van der Waals surface area (Å²) in [5.74, 6) is 0.227. The monoisotopic (exact) mass is 307 g/mol. The maximum atomic E-state index is 12.1. The van der Waals surface area contributed by atoms with Gasteiger partial charge in [-0.25, -0.2) is 0 Å². The Morgan fingerprint density at radius 3 is 2.61 bits per heavy atom. The first-order chi connectivity index (χ1) is 11.1. The van der Waals surface area contributed by atoms with Crippen LogP contribution in [0.4, 0.5) is 11.4 Å². The SMILES string of the molecule is COc1ccc(C)c(N/C=C(\C#N)C(=O)Nc2ccccc2)c1. The molecule has 0 heterocycles. The fourth-order valence-electron chi connectivity index (χ4n) is 1.90. The summed E-state index contributed by atoms with van der Waals surface area (Å²) in [5.41, 5.74) is 2.36. The molecule has 2 aromatic rings. The lowest BCUT2D eigenvalue weighted by Gasteiger charge is -2.09. The third-order valence-electron chi connectivity index (χ3n) is 3.21. The number of ether oxygens (including phenoxy) is 1. The van der Waals surface area contributed by atoms with E-state index in [2.05, 4.69) is 10.6 Å². The van der Waals surface area contributed by atoms with E-state index in [1.807, 2.05) is 43.3 Å². The molecule has 0 aliphatic carbocycles. The number of methoxy groups -OCH3 is 1. The van der Waals surface area contributed by atoms with Gasteiger partial charge in [0, 0.05) is 23.6 Å². The number of nitrogens with one attached hydrogen (secondary N) is 2. The fraction of sp³-hybridized carbons (Fsp3) is 0.111. The molecule has 0 atom stereocenters. The van der Waals surface area contributed by atoms with Crippen molar-refractivity contribution in [3.05, 3.63) is 65.9 Å². The molecule has 0 fully saturated rings. The first kappa shape index (κ1) is 16.1. The predicted octanol–water partition coefficient (Wildman–Crippen LogP) is 3.46. The number of aryl methyl sites for hydroxylation is 1. The molecule has 0 aliphatic rings. The lowest BCUT2D eigenvalue weighted by atomic mass is 10.2. The summed E-state index contributed by atoms with van der Waals surface area (Å²) in [6, 6.07) is 16.4. The third-order valence-corrected chi connectivity index (χ3v) is 3.21. The van der Waals surface area contributed by atoms with Gasteiger partial charge in [-0.1, -0.05) is 24.3 Å². The van der Waals surface area contributed by atoms with E-state index in [1.165, 1.54) is 6.20 Å². The largest absolute Gasteiger partial charge is 0.497 e. The summed E-state index contributed by atoms with van der Waals surface area (Å²) >= 11 is 0. The van der Waals surface area contributed by atoms with Crippen LogP contribution < -0.4 is 15.4 Å². The van der Waals surface area contributed by atoms with Crippen molar-refractivity contribution in [1.82, 2.24) is 0 Å². The van der Waals surface area contributed by atoms with Crippen LogP contribution in [0.3, 0.4) is 0 Å². The minimum absolute atomic E-state index is 0.0175. The van der Waals surface area contributed by atoms with E-state index >= 15 is 0 Å². The van der Waals surface area contributed by atoms with Crippen molar-refractivity contribution >= 4 is 17.3 Å². The standard InChI is InChI=1S/C18H17N3O2/c1-13-8-9-16(23-2)10-17(13)20-12-14(11-19)18(22)21-15-6-4-3-5-7-15/h3-10,12,20H,1-2H3,(H,21,22)/b14-12+. The summed E-state index contributed by atoms with van der Waals surface area (Å²) < 4.78 is 5.16. The number of benzene rings is 2. The highest BCUT2D eigenvalue weighted by molar-refractivity contribution is 6.06. The predicted molar refractivity (Wildman–Crippen MR) is 90.1 cm³/mol. The molecule has 5 heteroatoms. The van der Waals surface area contributed by atoms with Crippen LogP contribution in [0.5, 0.6) is 5.75 Å². The molecule has 0 aliphatic heterocycles. The summed E-state index contributed by atoms with van der Waals surface area (Å²) in [6.45, 7) is 1.92. The Morgan fingerprint density at radius 2 is 1.96 bits per heavy atom. The van der Waals surface area contributed by atoms with E-state index in [9.17, 15) is 10.1 Å². The van der Waals surface area contributed by atoms with Crippen molar-refractivity contribution in [3.63, 3.8) is 0 Å². The molecule has 2 aromatic carbocycles. The molecule has 116 valence electrons. The molecule has 0 saturated heterocycles. The van der Waals surface area contributed by atoms with Crippen molar-refractivity contribution in [2.24, 2.45) is 0 Å². The maximum Gasteiger partial charge on any atom is 0.267 e. The number of hydrogen-bond donors (Lipinski definition) is 2. The molecule has 2 N–H and O–H groups in total. The Kier molecular flexibility index (Phi) is 5.37. The first-order valence-electron chi connectivity index (χ1n) is 7.02. The molecular formula is C18H17N3O2. The van der Waals surface area contributed by atoms with Gasteiger partial charge >= 0.3 is 0 Å². The molecule has 5 nitrogen and oxygen atoms in total. The maximum absolute atomic E-state index is 12.1. The Hall–Kier alpha value is -3.26. The van der Waals surface area contributed by atoms with Gasteiger partial charge in [-0.2, -0.15) is 5.26 Å². The number of nitrogens with zero attached hydrogens (tertiary/aromatic N) is 1. The van der Waals surface area contributed by atoms with Crippen LogP contribution in [-0.4, -0.2) is 13.0 Å². The highest BCUT2D eigenvalue weighted by atomic mass is 16.5. The van der Waals surface area contributed by atoms with E-state index in [4.69, 9.17) is 4.74 Å². The van der Waals surface area contributed by atoms with Gasteiger partial charge in [0.25, 0.3) is 5.91 Å². The zero-order chi connectivity index (χ0) is 16.7. The molecule has 0 aromatic heterocycles. The Labute approximate surface area is 135 Å². The number of anilines is 2. The van der Waals surface area contributed by atoms with Crippen molar-refractivity contribution in [2.75, 3.05) is 17.7 Å². The van der Waals surface area contributed by atoms with Gasteiger partial charge in [-0.05, 0) is 30.7 Å². The Bertz CT molecular complexity index is 762. The average molecular weight is 307 g/mol. The second kappa shape index (κ2) is 7.66. The van der Waals surface area contributed by atoms with Gasteiger partial charge in [0.15, 0.2) is 0 Å².